The molecular weight excluding hydrogens is 256 g/mol. The van der Waals surface area contributed by atoms with Gasteiger partial charge in [-0.05, 0) is 28.9 Å². The van der Waals surface area contributed by atoms with Crippen molar-refractivity contribution in [1.29, 1.82) is 0 Å². The smallest absolute Gasteiger partial charge is 0.229 e. The van der Waals surface area contributed by atoms with E-state index in [1.807, 2.05) is 19.1 Å². The quantitative estimate of drug-likeness (QED) is 0.777. The van der Waals surface area contributed by atoms with Gasteiger partial charge < -0.3 is 4.42 Å². The number of ketones is 1. The van der Waals surface area contributed by atoms with E-state index in [0.29, 0.717) is 15.8 Å². The van der Waals surface area contributed by atoms with E-state index in [4.69, 9.17) is 4.42 Å². The number of rotatable bonds is 2. The van der Waals surface area contributed by atoms with Gasteiger partial charge in [-0.1, -0.05) is 29.8 Å². The summed E-state index contributed by atoms with van der Waals surface area (Å²) in [5.41, 5.74) is 1.77. The molecule has 1 aromatic heterocycles. The topological polar surface area (TPSA) is 30.2 Å². The monoisotopic (exact) mass is 264 g/mol. The Balaban J connectivity index is 2.37. The molecule has 0 amide bonds. The molecule has 0 bridgehead atoms. The highest BCUT2D eigenvalue weighted by Crippen LogP contribution is 2.21. The minimum Gasteiger partial charge on any atom is -0.460 e. The van der Waals surface area contributed by atoms with Crippen LogP contribution in [0.3, 0.4) is 0 Å². The molecule has 76 valence electrons. The molecule has 0 spiro atoms. The van der Waals surface area contributed by atoms with Crippen molar-refractivity contribution in [3.05, 3.63) is 58.0 Å². The Labute approximate surface area is 96.0 Å². The standard InChI is InChI=1S/C12H9BrO2/c1-8-2-4-9(5-3-8)11(14)12-10(13)6-7-15-12/h2-7H,1H3. The van der Waals surface area contributed by atoms with Crippen LogP contribution in [-0.4, -0.2) is 5.78 Å². The van der Waals surface area contributed by atoms with Gasteiger partial charge in [0.05, 0.1) is 10.7 Å². The fourth-order valence-electron chi connectivity index (χ4n) is 1.29. The van der Waals surface area contributed by atoms with Gasteiger partial charge in [-0.3, -0.25) is 4.79 Å². The lowest BCUT2D eigenvalue weighted by Gasteiger charge is -1.98. The summed E-state index contributed by atoms with van der Waals surface area (Å²) in [6, 6.07) is 9.12. The lowest BCUT2D eigenvalue weighted by atomic mass is 10.1. The van der Waals surface area contributed by atoms with E-state index in [2.05, 4.69) is 15.9 Å². The zero-order chi connectivity index (χ0) is 10.8. The number of aryl methyl sites for hydroxylation is 1. The Morgan fingerprint density at radius 1 is 1.20 bits per heavy atom. The first kappa shape index (κ1) is 10.2. The molecule has 15 heavy (non-hydrogen) atoms. The van der Waals surface area contributed by atoms with Crippen molar-refractivity contribution in [3.63, 3.8) is 0 Å². The highest BCUT2D eigenvalue weighted by atomic mass is 79.9. The molecule has 1 heterocycles. The summed E-state index contributed by atoms with van der Waals surface area (Å²) >= 11 is 3.26. The van der Waals surface area contributed by atoms with E-state index in [1.165, 1.54) is 6.26 Å². The van der Waals surface area contributed by atoms with Gasteiger partial charge in [0.1, 0.15) is 0 Å². The predicted octanol–water partition coefficient (Wildman–Crippen LogP) is 3.58. The maximum Gasteiger partial charge on any atom is 0.229 e. The fraction of sp³-hybridized carbons (Fsp3) is 0.0833. The fourth-order valence-corrected chi connectivity index (χ4v) is 1.67. The van der Waals surface area contributed by atoms with Gasteiger partial charge in [0.2, 0.25) is 5.78 Å². The first-order valence-corrected chi connectivity index (χ1v) is 5.32. The Hall–Kier alpha value is -1.35. The number of hydrogen-bond donors (Lipinski definition) is 0. The predicted molar refractivity (Wildman–Crippen MR) is 61.0 cm³/mol. The van der Waals surface area contributed by atoms with Crippen molar-refractivity contribution in [2.75, 3.05) is 0 Å². The molecular formula is C12H9BrO2. The van der Waals surface area contributed by atoms with E-state index in [-0.39, 0.29) is 5.78 Å². The van der Waals surface area contributed by atoms with E-state index < -0.39 is 0 Å². The Bertz CT molecular complexity index is 483. The summed E-state index contributed by atoms with van der Waals surface area (Å²) < 4.78 is 5.80. The highest BCUT2D eigenvalue weighted by Gasteiger charge is 2.15. The van der Waals surface area contributed by atoms with Crippen LogP contribution in [0.5, 0.6) is 0 Å². The normalized spacial score (nSPS) is 10.3. The molecule has 0 radical (unpaired) electrons. The lowest BCUT2D eigenvalue weighted by molar-refractivity contribution is 0.101. The maximum absolute atomic E-state index is 11.9. The second kappa shape index (κ2) is 4.03. The van der Waals surface area contributed by atoms with Gasteiger partial charge in [0.15, 0.2) is 5.76 Å². The average Bonchev–Trinajstić information content (AvgIpc) is 2.65. The maximum atomic E-state index is 11.9. The van der Waals surface area contributed by atoms with E-state index in [1.54, 1.807) is 18.2 Å². The van der Waals surface area contributed by atoms with Crippen LogP contribution in [0.4, 0.5) is 0 Å². The van der Waals surface area contributed by atoms with Crippen molar-refractivity contribution in [1.82, 2.24) is 0 Å². The van der Waals surface area contributed by atoms with Gasteiger partial charge in [-0.15, -0.1) is 0 Å². The summed E-state index contributed by atoms with van der Waals surface area (Å²) in [4.78, 5) is 11.9. The van der Waals surface area contributed by atoms with Crippen molar-refractivity contribution in [2.24, 2.45) is 0 Å². The van der Waals surface area contributed by atoms with Crippen molar-refractivity contribution >= 4 is 21.7 Å². The van der Waals surface area contributed by atoms with Crippen LogP contribution >= 0.6 is 15.9 Å². The van der Waals surface area contributed by atoms with Crippen molar-refractivity contribution < 1.29 is 9.21 Å². The Morgan fingerprint density at radius 3 is 2.40 bits per heavy atom. The summed E-state index contributed by atoms with van der Waals surface area (Å²) in [6.07, 6.45) is 1.49. The summed E-state index contributed by atoms with van der Waals surface area (Å²) in [6.45, 7) is 1.98. The molecule has 0 aliphatic heterocycles. The summed E-state index contributed by atoms with van der Waals surface area (Å²) in [5, 5.41) is 0. The van der Waals surface area contributed by atoms with Gasteiger partial charge in [0, 0.05) is 5.56 Å². The molecule has 2 rings (SSSR count). The number of halogens is 1. The Morgan fingerprint density at radius 2 is 1.87 bits per heavy atom. The second-order valence-electron chi connectivity index (χ2n) is 3.29. The molecule has 0 aliphatic rings. The molecule has 0 saturated heterocycles. The van der Waals surface area contributed by atoms with Crippen LogP contribution < -0.4 is 0 Å². The van der Waals surface area contributed by atoms with Crippen LogP contribution in [0.15, 0.2) is 45.5 Å². The van der Waals surface area contributed by atoms with Crippen LogP contribution in [-0.2, 0) is 0 Å². The number of benzene rings is 1. The number of carbonyl (C=O) groups excluding carboxylic acids is 1. The molecule has 0 aliphatic carbocycles. The zero-order valence-electron chi connectivity index (χ0n) is 8.16. The van der Waals surface area contributed by atoms with Crippen LogP contribution in [0.2, 0.25) is 0 Å². The van der Waals surface area contributed by atoms with Gasteiger partial charge >= 0.3 is 0 Å². The van der Waals surface area contributed by atoms with Crippen molar-refractivity contribution in [2.45, 2.75) is 6.92 Å². The second-order valence-corrected chi connectivity index (χ2v) is 4.15. The molecule has 3 heteroatoms. The summed E-state index contributed by atoms with van der Waals surface area (Å²) in [7, 11) is 0. The third-order valence-electron chi connectivity index (χ3n) is 2.14. The minimum atomic E-state index is -0.105. The molecule has 0 fully saturated rings. The molecule has 0 N–H and O–H groups in total. The Kier molecular flexibility index (Phi) is 2.73. The lowest BCUT2D eigenvalue weighted by Crippen LogP contribution is -1.99. The average molecular weight is 265 g/mol. The van der Waals surface area contributed by atoms with Crippen LogP contribution in [0.1, 0.15) is 21.7 Å². The van der Waals surface area contributed by atoms with Crippen LogP contribution in [0, 0.1) is 6.92 Å². The molecule has 1 aromatic carbocycles. The largest absolute Gasteiger partial charge is 0.460 e. The van der Waals surface area contributed by atoms with Crippen LogP contribution in [0.25, 0.3) is 0 Å². The first-order chi connectivity index (χ1) is 7.18. The van der Waals surface area contributed by atoms with Gasteiger partial charge in [0.25, 0.3) is 0 Å². The molecule has 0 atom stereocenters. The van der Waals surface area contributed by atoms with E-state index in [9.17, 15) is 4.79 Å². The molecule has 2 nitrogen and oxygen atoms in total. The first-order valence-electron chi connectivity index (χ1n) is 4.53. The van der Waals surface area contributed by atoms with Crippen molar-refractivity contribution in [3.8, 4) is 0 Å². The number of furan rings is 1. The molecule has 2 aromatic rings. The number of carbonyl (C=O) groups is 1. The SMILES string of the molecule is Cc1ccc(C(=O)c2occc2Br)cc1. The van der Waals surface area contributed by atoms with E-state index in [0.717, 1.165) is 5.56 Å². The third kappa shape index (κ3) is 2.02. The van der Waals surface area contributed by atoms with E-state index >= 15 is 0 Å². The number of hydrogen-bond acceptors (Lipinski definition) is 2. The third-order valence-corrected chi connectivity index (χ3v) is 2.76. The highest BCUT2D eigenvalue weighted by molar-refractivity contribution is 9.10. The molecule has 0 unspecified atom stereocenters. The molecule has 0 saturated carbocycles. The van der Waals surface area contributed by atoms with Gasteiger partial charge in [-0.25, -0.2) is 0 Å². The van der Waals surface area contributed by atoms with Gasteiger partial charge in [-0.2, -0.15) is 0 Å². The minimum absolute atomic E-state index is 0.105. The zero-order valence-corrected chi connectivity index (χ0v) is 9.74. The summed E-state index contributed by atoms with van der Waals surface area (Å²) in [5.74, 6) is 0.241.